The fourth-order valence-electron chi connectivity index (χ4n) is 2.88. The van der Waals surface area contributed by atoms with Gasteiger partial charge in [0.25, 0.3) is 0 Å². The molecule has 4 heterocycles. The monoisotopic (exact) mass is 342 g/mol. The molecule has 0 amide bonds. The van der Waals surface area contributed by atoms with Crippen molar-refractivity contribution >= 4 is 17.2 Å². The van der Waals surface area contributed by atoms with Crippen LogP contribution in [-0.4, -0.2) is 39.5 Å². The highest BCUT2D eigenvalue weighted by Crippen LogP contribution is 2.21. The minimum atomic E-state index is 0.373. The van der Waals surface area contributed by atoms with Gasteiger partial charge in [-0.3, -0.25) is 0 Å². The summed E-state index contributed by atoms with van der Waals surface area (Å²) in [6.45, 7) is 2.50. The van der Waals surface area contributed by atoms with Gasteiger partial charge in [0.15, 0.2) is 5.82 Å². The number of hydrogen-bond donors (Lipinski definition) is 1. The highest BCUT2D eigenvalue weighted by Gasteiger charge is 2.21. The van der Waals surface area contributed by atoms with Crippen LogP contribution >= 0.6 is 11.3 Å². The van der Waals surface area contributed by atoms with Gasteiger partial charge in [-0.2, -0.15) is 10.1 Å². The fraction of sp³-hybridized carbons (Fsp3) is 0.375. The average molecular weight is 342 g/mol. The van der Waals surface area contributed by atoms with Crippen molar-refractivity contribution in [2.45, 2.75) is 25.4 Å². The molecule has 0 radical (unpaired) electrons. The summed E-state index contributed by atoms with van der Waals surface area (Å²) >= 11 is 1.61. The van der Waals surface area contributed by atoms with Gasteiger partial charge in [0, 0.05) is 25.3 Å². The van der Waals surface area contributed by atoms with Crippen LogP contribution in [0.25, 0.3) is 10.7 Å². The van der Waals surface area contributed by atoms with Crippen molar-refractivity contribution in [2.24, 2.45) is 0 Å². The molecule has 0 unspecified atom stereocenters. The van der Waals surface area contributed by atoms with Crippen molar-refractivity contribution in [2.75, 3.05) is 18.0 Å². The minimum Gasteiger partial charge on any atom is -0.354 e. The second-order valence-electron chi connectivity index (χ2n) is 5.74. The summed E-state index contributed by atoms with van der Waals surface area (Å²) in [4.78, 5) is 7.74. The molecule has 1 saturated heterocycles. The first-order chi connectivity index (χ1) is 11.9. The van der Waals surface area contributed by atoms with Crippen molar-refractivity contribution in [1.82, 2.24) is 25.7 Å². The Morgan fingerprint density at radius 1 is 1.33 bits per heavy atom. The van der Waals surface area contributed by atoms with E-state index in [0.29, 0.717) is 24.3 Å². The maximum atomic E-state index is 5.34. The number of nitrogens with one attached hydrogen (secondary N) is 1. The van der Waals surface area contributed by atoms with E-state index in [-0.39, 0.29) is 0 Å². The molecule has 24 heavy (non-hydrogen) atoms. The zero-order chi connectivity index (χ0) is 16.2. The number of anilines is 1. The van der Waals surface area contributed by atoms with Crippen LogP contribution < -0.4 is 10.2 Å². The van der Waals surface area contributed by atoms with E-state index in [9.17, 15) is 0 Å². The Bertz CT molecular complexity index is 760. The van der Waals surface area contributed by atoms with Crippen LogP contribution in [0, 0.1) is 0 Å². The Kier molecular flexibility index (Phi) is 4.48. The maximum absolute atomic E-state index is 5.34. The number of nitrogens with zero attached hydrogens (tertiary/aromatic N) is 5. The lowest BCUT2D eigenvalue weighted by molar-refractivity contribution is 0.344. The lowest BCUT2D eigenvalue weighted by Gasteiger charge is -2.33. The third-order valence-electron chi connectivity index (χ3n) is 4.06. The Hall–Kier alpha value is -2.32. The molecule has 3 aromatic rings. The van der Waals surface area contributed by atoms with Gasteiger partial charge in [-0.15, -0.1) is 16.4 Å². The molecule has 0 aliphatic carbocycles. The molecule has 3 aromatic heterocycles. The number of rotatable bonds is 5. The van der Waals surface area contributed by atoms with Gasteiger partial charge in [0.1, 0.15) is 0 Å². The normalized spacial score (nSPS) is 18.0. The van der Waals surface area contributed by atoms with E-state index >= 15 is 0 Å². The standard InChI is InChI=1S/C16H18N6OS/c1-6-14(20-18-7-1)22-8-2-4-12(11-22)17-10-15-19-16(21-23-15)13-5-3-9-24-13/h1,3,5-7,9,12,17H,2,4,8,10-11H2/t12-/m1/s1. The van der Waals surface area contributed by atoms with Gasteiger partial charge >= 0.3 is 0 Å². The topological polar surface area (TPSA) is 80.0 Å². The van der Waals surface area contributed by atoms with Crippen LogP contribution in [0.2, 0.25) is 0 Å². The van der Waals surface area contributed by atoms with Gasteiger partial charge in [-0.25, -0.2) is 0 Å². The molecule has 7 nitrogen and oxygen atoms in total. The highest BCUT2D eigenvalue weighted by molar-refractivity contribution is 7.13. The van der Waals surface area contributed by atoms with Crippen molar-refractivity contribution in [3.63, 3.8) is 0 Å². The molecule has 0 saturated carbocycles. The molecule has 1 fully saturated rings. The van der Waals surface area contributed by atoms with Crippen LogP contribution in [0.1, 0.15) is 18.7 Å². The smallest absolute Gasteiger partial charge is 0.240 e. The van der Waals surface area contributed by atoms with E-state index in [1.807, 2.05) is 29.6 Å². The van der Waals surface area contributed by atoms with Gasteiger partial charge in [-0.05, 0) is 36.4 Å². The van der Waals surface area contributed by atoms with Crippen LogP contribution in [0.15, 0.2) is 40.4 Å². The Labute approximate surface area is 143 Å². The molecule has 0 aromatic carbocycles. The summed E-state index contributed by atoms with van der Waals surface area (Å²) in [5.41, 5.74) is 0. The summed E-state index contributed by atoms with van der Waals surface area (Å²) in [5.74, 6) is 2.21. The molecule has 1 atom stereocenters. The summed E-state index contributed by atoms with van der Waals surface area (Å²) < 4.78 is 5.34. The summed E-state index contributed by atoms with van der Waals surface area (Å²) in [7, 11) is 0. The maximum Gasteiger partial charge on any atom is 0.240 e. The summed E-state index contributed by atoms with van der Waals surface area (Å²) in [5, 5.41) is 17.7. The molecule has 8 heteroatoms. The molecule has 1 aliphatic rings. The first-order valence-electron chi connectivity index (χ1n) is 8.01. The third-order valence-corrected chi connectivity index (χ3v) is 4.92. The molecule has 124 valence electrons. The average Bonchev–Trinajstić information content (AvgIpc) is 3.32. The molecule has 1 aliphatic heterocycles. The molecule has 0 bridgehead atoms. The van der Waals surface area contributed by atoms with E-state index in [1.165, 1.54) is 0 Å². The van der Waals surface area contributed by atoms with Gasteiger partial charge in [0.2, 0.25) is 11.7 Å². The molecule has 1 N–H and O–H groups in total. The van der Waals surface area contributed by atoms with Crippen molar-refractivity contribution < 1.29 is 4.52 Å². The summed E-state index contributed by atoms with van der Waals surface area (Å²) in [6, 6.07) is 8.27. The highest BCUT2D eigenvalue weighted by atomic mass is 32.1. The number of piperidine rings is 1. The van der Waals surface area contributed by atoms with E-state index < -0.39 is 0 Å². The molecular formula is C16H18N6OS. The molecule has 0 spiro atoms. The minimum absolute atomic E-state index is 0.373. The zero-order valence-corrected chi connectivity index (χ0v) is 13.9. The van der Waals surface area contributed by atoms with E-state index in [0.717, 1.165) is 36.6 Å². The summed E-state index contributed by atoms with van der Waals surface area (Å²) in [6.07, 6.45) is 3.95. The third kappa shape index (κ3) is 3.44. The lowest BCUT2D eigenvalue weighted by atomic mass is 10.1. The molecule has 4 rings (SSSR count). The first kappa shape index (κ1) is 15.2. The van der Waals surface area contributed by atoms with Gasteiger partial charge in [0.05, 0.1) is 11.4 Å². The van der Waals surface area contributed by atoms with E-state index in [4.69, 9.17) is 4.52 Å². The van der Waals surface area contributed by atoms with E-state index in [1.54, 1.807) is 17.5 Å². The van der Waals surface area contributed by atoms with Crippen LogP contribution in [0.5, 0.6) is 0 Å². The first-order valence-corrected chi connectivity index (χ1v) is 8.89. The van der Waals surface area contributed by atoms with Gasteiger partial charge in [-0.1, -0.05) is 11.2 Å². The SMILES string of the molecule is c1cnnc(N2CCC[C@@H](NCc3nc(-c4cccs4)no3)C2)c1. The van der Waals surface area contributed by atoms with Crippen molar-refractivity contribution in [3.05, 3.63) is 41.7 Å². The second kappa shape index (κ2) is 7.06. The van der Waals surface area contributed by atoms with Crippen LogP contribution in [0.3, 0.4) is 0 Å². The lowest BCUT2D eigenvalue weighted by Crippen LogP contribution is -2.45. The predicted molar refractivity (Wildman–Crippen MR) is 91.7 cm³/mol. The zero-order valence-electron chi connectivity index (χ0n) is 13.1. The Balaban J connectivity index is 1.34. The van der Waals surface area contributed by atoms with Crippen LogP contribution in [0.4, 0.5) is 5.82 Å². The van der Waals surface area contributed by atoms with Crippen LogP contribution in [-0.2, 0) is 6.54 Å². The Morgan fingerprint density at radius 3 is 3.17 bits per heavy atom. The Morgan fingerprint density at radius 2 is 2.33 bits per heavy atom. The number of aromatic nitrogens is 4. The van der Waals surface area contributed by atoms with Gasteiger partial charge < -0.3 is 14.7 Å². The van der Waals surface area contributed by atoms with Crippen molar-refractivity contribution in [3.8, 4) is 10.7 Å². The largest absolute Gasteiger partial charge is 0.354 e. The fourth-order valence-corrected chi connectivity index (χ4v) is 3.53. The predicted octanol–water partition coefficient (Wildman–Crippen LogP) is 2.35. The number of thiophene rings is 1. The quantitative estimate of drug-likeness (QED) is 0.762. The van der Waals surface area contributed by atoms with Crippen molar-refractivity contribution in [1.29, 1.82) is 0 Å². The number of hydrogen-bond acceptors (Lipinski definition) is 8. The van der Waals surface area contributed by atoms with E-state index in [2.05, 4.69) is 30.6 Å². The molecular weight excluding hydrogens is 324 g/mol. The second-order valence-corrected chi connectivity index (χ2v) is 6.68.